The number of aromatic carboxylic acids is 1. The van der Waals surface area contributed by atoms with Crippen molar-refractivity contribution in [2.45, 2.75) is 4.90 Å². The number of carbonyl (C=O) groups is 1. The van der Waals surface area contributed by atoms with E-state index in [2.05, 4.69) is 67.7 Å². The molecule has 0 bridgehead atoms. The molecule has 5 rings (SSSR count). The van der Waals surface area contributed by atoms with Gasteiger partial charge in [0.2, 0.25) is 0 Å². The lowest BCUT2D eigenvalue weighted by atomic mass is 10.2. The van der Waals surface area contributed by atoms with Crippen LogP contribution in [0.15, 0.2) is 111 Å². The van der Waals surface area contributed by atoms with Gasteiger partial charge in [-0.1, -0.05) is 74.3 Å². The Hall–Kier alpha value is -2.65. The fourth-order valence-corrected chi connectivity index (χ4v) is 4.65. The van der Waals surface area contributed by atoms with Gasteiger partial charge in [0.05, 0.1) is 15.8 Å². The summed E-state index contributed by atoms with van der Waals surface area (Å²) in [5, 5.41) is 9.56. The molecule has 1 heterocycles. The quantitative estimate of drug-likeness (QED) is 0.138. The Balaban J connectivity index is 0.000000155. The summed E-state index contributed by atoms with van der Waals surface area (Å²) in [6, 6.07) is 30.5. The van der Waals surface area contributed by atoms with Crippen LogP contribution < -0.4 is 5.73 Å². The second-order valence-electron chi connectivity index (χ2n) is 6.87. The number of hydrogen-bond donors (Lipinski definition) is 3. The first-order chi connectivity index (χ1) is 16.3. The molecular formula is C26H20Br2N2O2S2. The van der Waals surface area contributed by atoms with E-state index in [0.29, 0.717) is 5.56 Å². The molecule has 0 atom stereocenters. The Morgan fingerprint density at radius 2 is 1.50 bits per heavy atom. The molecule has 5 aromatic rings. The Morgan fingerprint density at radius 1 is 0.853 bits per heavy atom. The number of anilines is 1. The van der Waals surface area contributed by atoms with Crippen molar-refractivity contribution in [3.8, 4) is 10.6 Å². The van der Waals surface area contributed by atoms with E-state index >= 15 is 0 Å². The Bertz CT molecular complexity index is 1350. The van der Waals surface area contributed by atoms with Gasteiger partial charge in [-0.2, -0.15) is 0 Å². The Morgan fingerprint density at radius 3 is 2.06 bits per heavy atom. The normalized spacial score (nSPS) is 9.97. The van der Waals surface area contributed by atoms with Crippen LogP contribution in [0.5, 0.6) is 0 Å². The smallest absolute Gasteiger partial charge is 0.335 e. The van der Waals surface area contributed by atoms with Gasteiger partial charge in [0, 0.05) is 25.1 Å². The number of nitrogens with two attached hydrogens (primary N) is 1. The van der Waals surface area contributed by atoms with Crippen LogP contribution in [0, 0.1) is 0 Å². The number of halogens is 2. The number of fused-ring (bicyclic) bond motifs is 1. The maximum Gasteiger partial charge on any atom is 0.335 e. The van der Waals surface area contributed by atoms with Crippen molar-refractivity contribution in [2.24, 2.45) is 0 Å². The fourth-order valence-electron chi connectivity index (χ4n) is 2.73. The first kappa shape index (κ1) is 26.0. The molecule has 0 amide bonds. The van der Waals surface area contributed by atoms with E-state index in [9.17, 15) is 4.79 Å². The van der Waals surface area contributed by atoms with Crippen LogP contribution in [0.2, 0.25) is 0 Å². The zero-order chi connectivity index (χ0) is 24.5. The van der Waals surface area contributed by atoms with Crippen LogP contribution >= 0.6 is 55.8 Å². The van der Waals surface area contributed by atoms with Gasteiger partial charge in [0.25, 0.3) is 0 Å². The third-order valence-electron chi connectivity index (χ3n) is 4.37. The number of para-hydroxylation sites is 2. The molecular weight excluding hydrogens is 596 g/mol. The predicted molar refractivity (Wildman–Crippen MR) is 152 cm³/mol. The Labute approximate surface area is 224 Å². The Kier molecular flexibility index (Phi) is 9.71. The van der Waals surface area contributed by atoms with Gasteiger partial charge in [0.1, 0.15) is 5.01 Å². The lowest BCUT2D eigenvalue weighted by Gasteiger charge is -1.95. The SMILES string of the molecule is Brc1cccc(-c2nc3ccccc3s2)c1.Nc1ccccc1S.O=C(O)c1cccc(Br)c1. The van der Waals surface area contributed by atoms with E-state index in [-0.39, 0.29) is 0 Å². The van der Waals surface area contributed by atoms with Crippen molar-refractivity contribution in [1.29, 1.82) is 0 Å². The highest BCUT2D eigenvalue weighted by atomic mass is 79.9. The molecule has 0 saturated heterocycles. The highest BCUT2D eigenvalue weighted by molar-refractivity contribution is 9.10. The van der Waals surface area contributed by atoms with Gasteiger partial charge < -0.3 is 10.8 Å². The molecule has 0 aliphatic heterocycles. The molecule has 4 aromatic carbocycles. The zero-order valence-corrected chi connectivity index (χ0v) is 22.6. The van der Waals surface area contributed by atoms with Crippen molar-refractivity contribution in [3.05, 3.63) is 112 Å². The molecule has 172 valence electrons. The minimum atomic E-state index is -0.902. The maximum absolute atomic E-state index is 10.3. The lowest BCUT2D eigenvalue weighted by Crippen LogP contribution is -1.94. The molecule has 0 aliphatic carbocycles. The molecule has 1 aromatic heterocycles. The molecule has 4 nitrogen and oxygen atoms in total. The summed E-state index contributed by atoms with van der Waals surface area (Å²) < 4.78 is 3.11. The molecule has 0 fully saturated rings. The summed E-state index contributed by atoms with van der Waals surface area (Å²) in [5.41, 5.74) is 8.71. The van der Waals surface area contributed by atoms with Gasteiger partial charge in [0.15, 0.2) is 0 Å². The molecule has 0 unspecified atom stereocenters. The van der Waals surface area contributed by atoms with E-state index in [0.717, 1.165) is 35.6 Å². The fraction of sp³-hybridized carbons (Fsp3) is 0. The first-order valence-corrected chi connectivity index (χ1v) is 12.8. The van der Waals surface area contributed by atoms with E-state index in [4.69, 9.17) is 10.8 Å². The van der Waals surface area contributed by atoms with Crippen LogP contribution in [-0.4, -0.2) is 16.1 Å². The summed E-state index contributed by atoms with van der Waals surface area (Å²) in [6.45, 7) is 0. The van der Waals surface area contributed by atoms with Crippen molar-refractivity contribution in [2.75, 3.05) is 5.73 Å². The van der Waals surface area contributed by atoms with Crippen LogP contribution in [0.1, 0.15) is 10.4 Å². The molecule has 3 N–H and O–H groups in total. The average Bonchev–Trinajstić information content (AvgIpc) is 3.26. The van der Waals surface area contributed by atoms with Crippen LogP contribution in [0.3, 0.4) is 0 Å². The highest BCUT2D eigenvalue weighted by Crippen LogP contribution is 2.31. The number of nitrogens with zero attached hydrogens (tertiary/aromatic N) is 1. The number of carboxylic acids is 1. The van der Waals surface area contributed by atoms with Crippen LogP contribution in [-0.2, 0) is 0 Å². The van der Waals surface area contributed by atoms with Gasteiger partial charge in [-0.25, -0.2) is 9.78 Å². The summed E-state index contributed by atoms with van der Waals surface area (Å²) >= 11 is 12.4. The lowest BCUT2D eigenvalue weighted by molar-refractivity contribution is 0.0697. The second-order valence-corrected chi connectivity index (χ2v) is 10.2. The largest absolute Gasteiger partial charge is 0.478 e. The van der Waals surface area contributed by atoms with E-state index < -0.39 is 5.97 Å². The van der Waals surface area contributed by atoms with Crippen molar-refractivity contribution >= 4 is 77.7 Å². The third-order valence-corrected chi connectivity index (χ3v) is 6.85. The van der Waals surface area contributed by atoms with Crippen LogP contribution in [0.4, 0.5) is 5.69 Å². The average molecular weight is 616 g/mol. The minimum Gasteiger partial charge on any atom is -0.478 e. The highest BCUT2D eigenvalue weighted by Gasteiger charge is 2.05. The predicted octanol–water partition coefficient (Wildman–Crippen LogP) is 8.43. The number of benzene rings is 4. The number of rotatable bonds is 2. The molecule has 0 aliphatic rings. The van der Waals surface area contributed by atoms with E-state index in [1.54, 1.807) is 35.6 Å². The molecule has 0 saturated carbocycles. The third kappa shape index (κ3) is 7.70. The van der Waals surface area contributed by atoms with Gasteiger partial charge >= 0.3 is 5.97 Å². The summed E-state index contributed by atoms with van der Waals surface area (Å²) in [5.74, 6) is -0.902. The van der Waals surface area contributed by atoms with Crippen molar-refractivity contribution in [1.82, 2.24) is 4.98 Å². The summed E-state index contributed by atoms with van der Waals surface area (Å²) in [4.78, 5) is 15.8. The topological polar surface area (TPSA) is 76.2 Å². The van der Waals surface area contributed by atoms with Gasteiger partial charge in [-0.3, -0.25) is 0 Å². The molecule has 8 heteroatoms. The first-order valence-electron chi connectivity index (χ1n) is 9.97. The summed E-state index contributed by atoms with van der Waals surface area (Å²) in [7, 11) is 0. The van der Waals surface area contributed by atoms with Gasteiger partial charge in [-0.15, -0.1) is 24.0 Å². The number of hydrogen-bond acceptors (Lipinski definition) is 5. The molecule has 34 heavy (non-hydrogen) atoms. The van der Waals surface area contributed by atoms with Crippen molar-refractivity contribution < 1.29 is 9.90 Å². The standard InChI is InChI=1S/C13H8BrNS.C7H5BrO2.C6H7NS/c14-10-5-3-4-9(8-10)13-15-11-6-1-2-7-12(11)16-13;8-6-3-1-2-5(4-6)7(9)10;7-5-3-1-2-4-6(5)8/h1-8H;1-4H,(H,9,10);1-4,8H,7H2. The van der Waals surface area contributed by atoms with E-state index in [1.165, 1.54) is 4.70 Å². The zero-order valence-electron chi connectivity index (χ0n) is 17.7. The molecule has 0 radical (unpaired) electrons. The van der Waals surface area contributed by atoms with Crippen molar-refractivity contribution in [3.63, 3.8) is 0 Å². The number of nitrogen functional groups attached to an aromatic ring is 1. The number of thiazole rings is 1. The number of carboxylic acid groups (broad SMARTS) is 1. The summed E-state index contributed by atoms with van der Waals surface area (Å²) in [6.07, 6.45) is 0. The molecule has 0 spiro atoms. The maximum atomic E-state index is 10.3. The minimum absolute atomic E-state index is 0.300. The van der Waals surface area contributed by atoms with Gasteiger partial charge in [-0.05, 0) is 54.6 Å². The van der Waals surface area contributed by atoms with Crippen LogP contribution in [0.25, 0.3) is 20.8 Å². The number of thiol groups is 1. The van der Waals surface area contributed by atoms with E-state index in [1.807, 2.05) is 54.6 Å². The monoisotopic (exact) mass is 614 g/mol. The second kappa shape index (κ2) is 12.7. The number of aromatic nitrogens is 1.